The Morgan fingerprint density at radius 1 is 1.64 bits per heavy atom. The van der Waals surface area contributed by atoms with E-state index in [1.54, 1.807) is 11.3 Å². The lowest BCUT2D eigenvalue weighted by Gasteiger charge is -2.10. The molecule has 14 heavy (non-hydrogen) atoms. The molecule has 1 heterocycles. The van der Waals surface area contributed by atoms with Crippen molar-refractivity contribution in [3.63, 3.8) is 0 Å². The molecule has 1 aromatic rings. The average Bonchev–Trinajstić information content (AvgIpc) is 2.59. The SMILES string of the molecule is CSCCCNC(C)c1nc(C)cs1. The Labute approximate surface area is 94.5 Å². The first-order valence-corrected chi connectivity index (χ1v) is 7.15. The fourth-order valence-electron chi connectivity index (χ4n) is 1.19. The van der Waals surface area contributed by atoms with Crippen LogP contribution < -0.4 is 5.32 Å². The van der Waals surface area contributed by atoms with Crippen molar-refractivity contribution in [3.05, 3.63) is 16.1 Å². The van der Waals surface area contributed by atoms with Gasteiger partial charge in [0.15, 0.2) is 0 Å². The third kappa shape index (κ3) is 3.98. The number of aromatic nitrogens is 1. The summed E-state index contributed by atoms with van der Waals surface area (Å²) >= 11 is 3.64. The Balaban J connectivity index is 2.25. The molecule has 1 atom stereocenters. The summed E-state index contributed by atoms with van der Waals surface area (Å²) < 4.78 is 0. The van der Waals surface area contributed by atoms with E-state index in [2.05, 4.69) is 28.9 Å². The first kappa shape index (κ1) is 12.0. The van der Waals surface area contributed by atoms with Gasteiger partial charge in [0.1, 0.15) is 5.01 Å². The third-order valence-electron chi connectivity index (χ3n) is 1.98. The number of thiazole rings is 1. The zero-order valence-corrected chi connectivity index (χ0v) is 10.7. The molecular weight excluding hydrogens is 212 g/mol. The van der Waals surface area contributed by atoms with Gasteiger partial charge in [0.05, 0.1) is 6.04 Å². The van der Waals surface area contributed by atoms with Crippen LogP contribution in [0.25, 0.3) is 0 Å². The van der Waals surface area contributed by atoms with E-state index >= 15 is 0 Å². The first-order valence-electron chi connectivity index (χ1n) is 4.88. The highest BCUT2D eigenvalue weighted by Gasteiger charge is 2.07. The smallest absolute Gasteiger partial charge is 0.110 e. The monoisotopic (exact) mass is 230 g/mol. The molecule has 0 spiro atoms. The molecule has 1 aromatic heterocycles. The molecule has 0 radical (unpaired) electrons. The van der Waals surface area contributed by atoms with Crippen LogP contribution in [0.5, 0.6) is 0 Å². The molecule has 1 rings (SSSR count). The highest BCUT2D eigenvalue weighted by atomic mass is 32.2. The molecule has 0 saturated carbocycles. The van der Waals surface area contributed by atoms with Crippen molar-refractivity contribution < 1.29 is 0 Å². The standard InChI is InChI=1S/C10H18N2S2/c1-8-7-14-10(12-8)9(2)11-5-4-6-13-3/h7,9,11H,4-6H2,1-3H3. The quantitative estimate of drug-likeness (QED) is 0.761. The number of hydrogen-bond acceptors (Lipinski definition) is 4. The Bertz CT molecular complexity index is 260. The van der Waals surface area contributed by atoms with Crippen LogP contribution in [0, 0.1) is 6.92 Å². The number of rotatable bonds is 6. The maximum atomic E-state index is 4.46. The molecule has 1 unspecified atom stereocenters. The molecule has 0 aliphatic carbocycles. The van der Waals surface area contributed by atoms with E-state index in [4.69, 9.17) is 0 Å². The van der Waals surface area contributed by atoms with E-state index in [0.717, 1.165) is 12.2 Å². The summed E-state index contributed by atoms with van der Waals surface area (Å²) in [6.45, 7) is 5.30. The van der Waals surface area contributed by atoms with Gasteiger partial charge in [-0.1, -0.05) is 0 Å². The predicted molar refractivity (Wildman–Crippen MR) is 66.3 cm³/mol. The fourth-order valence-corrected chi connectivity index (χ4v) is 2.45. The van der Waals surface area contributed by atoms with Crippen LogP contribution in [0.1, 0.15) is 30.1 Å². The zero-order chi connectivity index (χ0) is 10.4. The number of hydrogen-bond donors (Lipinski definition) is 1. The highest BCUT2D eigenvalue weighted by Crippen LogP contribution is 2.17. The maximum absolute atomic E-state index is 4.46. The normalized spacial score (nSPS) is 13.1. The van der Waals surface area contributed by atoms with E-state index in [0.29, 0.717) is 6.04 Å². The second-order valence-electron chi connectivity index (χ2n) is 3.35. The molecule has 2 nitrogen and oxygen atoms in total. The summed E-state index contributed by atoms with van der Waals surface area (Å²) in [5, 5.41) is 6.79. The summed E-state index contributed by atoms with van der Waals surface area (Å²) in [5.74, 6) is 1.23. The zero-order valence-electron chi connectivity index (χ0n) is 9.04. The van der Waals surface area contributed by atoms with Gasteiger partial charge in [-0.15, -0.1) is 11.3 Å². The van der Waals surface area contributed by atoms with Crippen LogP contribution in [-0.4, -0.2) is 23.5 Å². The van der Waals surface area contributed by atoms with Crippen LogP contribution in [-0.2, 0) is 0 Å². The highest BCUT2D eigenvalue weighted by molar-refractivity contribution is 7.98. The Morgan fingerprint density at radius 3 is 3.00 bits per heavy atom. The van der Waals surface area contributed by atoms with Crippen molar-refractivity contribution in [2.45, 2.75) is 26.3 Å². The van der Waals surface area contributed by atoms with Gasteiger partial charge in [-0.2, -0.15) is 11.8 Å². The molecule has 0 amide bonds. The molecule has 1 N–H and O–H groups in total. The molecular formula is C10H18N2S2. The fraction of sp³-hybridized carbons (Fsp3) is 0.700. The van der Waals surface area contributed by atoms with Crippen molar-refractivity contribution in [1.29, 1.82) is 0 Å². The molecule has 0 fully saturated rings. The summed E-state index contributed by atoms with van der Waals surface area (Å²) in [5.41, 5.74) is 1.13. The summed E-state index contributed by atoms with van der Waals surface area (Å²) in [6.07, 6.45) is 3.38. The Kier molecular flexibility index (Phi) is 5.52. The number of nitrogens with one attached hydrogen (secondary N) is 1. The van der Waals surface area contributed by atoms with Crippen LogP contribution in [0.15, 0.2) is 5.38 Å². The third-order valence-corrected chi connectivity index (χ3v) is 3.83. The first-order chi connectivity index (χ1) is 6.74. The van der Waals surface area contributed by atoms with Gasteiger partial charge >= 0.3 is 0 Å². The predicted octanol–water partition coefficient (Wildman–Crippen LogP) is 2.86. The minimum Gasteiger partial charge on any atom is -0.308 e. The molecule has 0 aliphatic rings. The Morgan fingerprint density at radius 2 is 2.43 bits per heavy atom. The van der Waals surface area contributed by atoms with Crippen molar-refractivity contribution in [1.82, 2.24) is 10.3 Å². The number of aryl methyl sites for hydroxylation is 1. The maximum Gasteiger partial charge on any atom is 0.110 e. The minimum atomic E-state index is 0.399. The van der Waals surface area contributed by atoms with Crippen molar-refractivity contribution in [3.8, 4) is 0 Å². The lowest BCUT2D eigenvalue weighted by molar-refractivity contribution is 0.569. The number of nitrogens with zero attached hydrogens (tertiary/aromatic N) is 1. The topological polar surface area (TPSA) is 24.9 Å². The minimum absolute atomic E-state index is 0.399. The molecule has 4 heteroatoms. The van der Waals surface area contributed by atoms with Crippen LogP contribution >= 0.6 is 23.1 Å². The molecule has 80 valence electrons. The van der Waals surface area contributed by atoms with E-state index in [1.165, 1.54) is 17.2 Å². The van der Waals surface area contributed by atoms with Crippen LogP contribution in [0.3, 0.4) is 0 Å². The largest absolute Gasteiger partial charge is 0.308 e. The summed E-state index contributed by atoms with van der Waals surface area (Å²) in [7, 11) is 0. The van der Waals surface area contributed by atoms with E-state index < -0.39 is 0 Å². The van der Waals surface area contributed by atoms with Crippen molar-refractivity contribution in [2.24, 2.45) is 0 Å². The van der Waals surface area contributed by atoms with E-state index in [9.17, 15) is 0 Å². The van der Waals surface area contributed by atoms with Gasteiger partial charge < -0.3 is 5.32 Å². The van der Waals surface area contributed by atoms with Gasteiger partial charge in [0.2, 0.25) is 0 Å². The average molecular weight is 230 g/mol. The lowest BCUT2D eigenvalue weighted by atomic mass is 10.3. The molecule has 0 aromatic carbocycles. The molecule has 0 bridgehead atoms. The van der Waals surface area contributed by atoms with Crippen LogP contribution in [0.2, 0.25) is 0 Å². The van der Waals surface area contributed by atoms with E-state index in [1.807, 2.05) is 18.7 Å². The second kappa shape index (κ2) is 6.43. The Hall–Kier alpha value is -0.0600. The molecule has 0 aliphatic heterocycles. The van der Waals surface area contributed by atoms with Crippen molar-refractivity contribution >= 4 is 23.1 Å². The van der Waals surface area contributed by atoms with Gasteiger partial charge in [-0.05, 0) is 38.8 Å². The summed E-state index contributed by atoms with van der Waals surface area (Å²) in [4.78, 5) is 4.46. The van der Waals surface area contributed by atoms with Gasteiger partial charge in [0.25, 0.3) is 0 Å². The van der Waals surface area contributed by atoms with Gasteiger partial charge in [0, 0.05) is 11.1 Å². The number of thioether (sulfide) groups is 1. The summed E-state index contributed by atoms with van der Waals surface area (Å²) in [6, 6.07) is 0.399. The second-order valence-corrected chi connectivity index (χ2v) is 5.22. The lowest BCUT2D eigenvalue weighted by Crippen LogP contribution is -2.20. The van der Waals surface area contributed by atoms with Gasteiger partial charge in [-0.3, -0.25) is 0 Å². The van der Waals surface area contributed by atoms with Crippen LogP contribution in [0.4, 0.5) is 0 Å². The van der Waals surface area contributed by atoms with E-state index in [-0.39, 0.29) is 0 Å². The molecule has 0 saturated heterocycles. The van der Waals surface area contributed by atoms with Gasteiger partial charge in [-0.25, -0.2) is 4.98 Å². The van der Waals surface area contributed by atoms with Crippen molar-refractivity contribution in [2.75, 3.05) is 18.6 Å².